The number of amides is 1. The third-order valence-corrected chi connectivity index (χ3v) is 4.52. The second-order valence-corrected chi connectivity index (χ2v) is 6.84. The maximum Gasteiger partial charge on any atom is 0.227 e. The molecule has 1 amide bonds. The first kappa shape index (κ1) is 15.7. The summed E-state index contributed by atoms with van der Waals surface area (Å²) in [5, 5.41) is 3.66. The lowest BCUT2D eigenvalue weighted by Gasteiger charge is -2.22. The van der Waals surface area contributed by atoms with Gasteiger partial charge in [0, 0.05) is 44.2 Å². The van der Waals surface area contributed by atoms with E-state index in [4.69, 9.17) is 16.3 Å². The summed E-state index contributed by atoms with van der Waals surface area (Å²) in [5.74, 6) is 0.000613. The minimum atomic E-state index is -0.0953. The molecule has 2 saturated heterocycles. The highest BCUT2D eigenvalue weighted by Gasteiger charge is 2.48. The number of aromatic nitrogens is 1. The number of pyridine rings is 1. The van der Waals surface area contributed by atoms with Crippen LogP contribution < -0.4 is 5.32 Å². The minimum absolute atomic E-state index is 0.00546. The SMILES string of the molecule is CC(C)NC(=O)[C@@H]1CN(Cc2cncc(Cl)c2)[C@H]2CCO[C@@H]12. The Labute approximate surface area is 136 Å². The molecule has 6 heteroatoms. The van der Waals surface area contributed by atoms with E-state index in [0.29, 0.717) is 11.1 Å². The molecule has 0 radical (unpaired) electrons. The summed E-state index contributed by atoms with van der Waals surface area (Å²) in [6.45, 7) is 6.17. The van der Waals surface area contributed by atoms with Crippen LogP contribution in [0.3, 0.4) is 0 Å². The fraction of sp³-hybridized carbons (Fsp3) is 0.625. The molecule has 3 rings (SSSR count). The Bertz CT molecular complexity index is 552. The van der Waals surface area contributed by atoms with E-state index >= 15 is 0 Å². The van der Waals surface area contributed by atoms with E-state index in [-0.39, 0.29) is 24.0 Å². The molecule has 1 aromatic heterocycles. The fourth-order valence-electron chi connectivity index (χ4n) is 3.45. The van der Waals surface area contributed by atoms with E-state index in [2.05, 4.69) is 15.2 Å². The molecule has 3 atom stereocenters. The average molecular weight is 324 g/mol. The second kappa shape index (κ2) is 6.52. The number of rotatable bonds is 4. The predicted molar refractivity (Wildman–Crippen MR) is 84.6 cm³/mol. The number of fused-ring (bicyclic) bond motifs is 1. The van der Waals surface area contributed by atoms with E-state index in [1.165, 1.54) is 0 Å². The van der Waals surface area contributed by atoms with Gasteiger partial charge >= 0.3 is 0 Å². The molecule has 0 unspecified atom stereocenters. The van der Waals surface area contributed by atoms with Crippen molar-refractivity contribution in [1.29, 1.82) is 0 Å². The topological polar surface area (TPSA) is 54.5 Å². The number of nitrogens with zero attached hydrogens (tertiary/aromatic N) is 2. The van der Waals surface area contributed by atoms with Crippen LogP contribution in [-0.2, 0) is 16.1 Å². The van der Waals surface area contributed by atoms with Gasteiger partial charge in [0.15, 0.2) is 0 Å². The Morgan fingerprint density at radius 2 is 2.36 bits per heavy atom. The number of hydrogen-bond donors (Lipinski definition) is 1. The normalized spacial score (nSPS) is 28.1. The van der Waals surface area contributed by atoms with Crippen molar-refractivity contribution in [3.63, 3.8) is 0 Å². The molecule has 120 valence electrons. The second-order valence-electron chi connectivity index (χ2n) is 6.40. The molecule has 0 aromatic carbocycles. The summed E-state index contributed by atoms with van der Waals surface area (Å²) in [4.78, 5) is 18.9. The number of halogens is 1. The first-order chi connectivity index (χ1) is 10.5. The zero-order chi connectivity index (χ0) is 15.7. The predicted octanol–water partition coefficient (Wildman–Crippen LogP) is 1.85. The maximum absolute atomic E-state index is 12.4. The van der Waals surface area contributed by atoms with Gasteiger partial charge in [-0.15, -0.1) is 0 Å². The van der Waals surface area contributed by atoms with Crippen molar-refractivity contribution in [2.75, 3.05) is 13.2 Å². The number of hydrogen-bond acceptors (Lipinski definition) is 4. The standard InChI is InChI=1S/C16H22ClN3O2/c1-10(2)19-16(21)13-9-20(14-3-4-22-15(13)14)8-11-5-12(17)7-18-6-11/h5-7,10,13-15H,3-4,8-9H2,1-2H3,(H,19,21)/t13-,14+,15+/m1/s1. The molecule has 1 aromatic rings. The minimum Gasteiger partial charge on any atom is -0.376 e. The quantitative estimate of drug-likeness (QED) is 0.919. The molecular formula is C16H22ClN3O2. The smallest absolute Gasteiger partial charge is 0.227 e. The molecule has 0 spiro atoms. The van der Waals surface area contributed by atoms with Crippen molar-refractivity contribution < 1.29 is 9.53 Å². The van der Waals surface area contributed by atoms with Gasteiger partial charge < -0.3 is 10.1 Å². The van der Waals surface area contributed by atoms with Crippen molar-refractivity contribution in [1.82, 2.24) is 15.2 Å². The molecule has 22 heavy (non-hydrogen) atoms. The average Bonchev–Trinajstić information content (AvgIpc) is 3.01. The van der Waals surface area contributed by atoms with E-state index in [9.17, 15) is 4.79 Å². The Kier molecular flexibility index (Phi) is 4.66. The molecule has 3 heterocycles. The van der Waals surface area contributed by atoms with Crippen LogP contribution in [0.25, 0.3) is 0 Å². The summed E-state index contributed by atoms with van der Waals surface area (Å²) in [7, 11) is 0. The van der Waals surface area contributed by atoms with Crippen molar-refractivity contribution in [3.05, 3.63) is 29.0 Å². The van der Waals surface area contributed by atoms with Crippen molar-refractivity contribution in [3.8, 4) is 0 Å². The molecule has 2 aliphatic rings. The lowest BCUT2D eigenvalue weighted by atomic mass is 10.0. The third kappa shape index (κ3) is 3.26. The van der Waals surface area contributed by atoms with Gasteiger partial charge in [0.25, 0.3) is 0 Å². The van der Waals surface area contributed by atoms with Crippen LogP contribution in [0.15, 0.2) is 18.5 Å². The van der Waals surface area contributed by atoms with Crippen molar-refractivity contribution in [2.45, 2.75) is 45.0 Å². The number of carbonyl (C=O) groups excluding carboxylic acids is 1. The van der Waals surface area contributed by atoms with Crippen LogP contribution in [0.2, 0.25) is 5.02 Å². The number of carbonyl (C=O) groups is 1. The summed E-state index contributed by atoms with van der Waals surface area (Å²) in [6.07, 6.45) is 4.45. The summed E-state index contributed by atoms with van der Waals surface area (Å²) in [5.41, 5.74) is 1.07. The molecule has 5 nitrogen and oxygen atoms in total. The van der Waals surface area contributed by atoms with E-state index in [0.717, 1.165) is 31.7 Å². The number of likely N-dealkylation sites (tertiary alicyclic amines) is 1. The highest BCUT2D eigenvalue weighted by molar-refractivity contribution is 6.30. The van der Waals surface area contributed by atoms with Gasteiger partial charge in [-0.05, 0) is 31.9 Å². The zero-order valence-corrected chi connectivity index (χ0v) is 13.7. The molecule has 2 aliphatic heterocycles. The first-order valence-electron chi connectivity index (χ1n) is 7.80. The first-order valence-corrected chi connectivity index (χ1v) is 8.18. The Balaban J connectivity index is 1.72. The van der Waals surface area contributed by atoms with Gasteiger partial charge in [-0.25, -0.2) is 0 Å². The van der Waals surface area contributed by atoms with Crippen LogP contribution >= 0.6 is 11.6 Å². The van der Waals surface area contributed by atoms with E-state index < -0.39 is 0 Å². The number of ether oxygens (including phenoxy) is 1. The molecule has 0 bridgehead atoms. The van der Waals surface area contributed by atoms with Gasteiger partial charge in [-0.1, -0.05) is 11.6 Å². The lowest BCUT2D eigenvalue weighted by Crippen LogP contribution is -2.41. The summed E-state index contributed by atoms with van der Waals surface area (Å²) in [6, 6.07) is 2.39. The van der Waals surface area contributed by atoms with Gasteiger partial charge in [-0.2, -0.15) is 0 Å². The molecule has 0 aliphatic carbocycles. The van der Waals surface area contributed by atoms with Gasteiger partial charge in [0.1, 0.15) is 0 Å². The summed E-state index contributed by atoms with van der Waals surface area (Å²) < 4.78 is 5.84. The van der Waals surface area contributed by atoms with E-state index in [1.807, 2.05) is 26.1 Å². The van der Waals surface area contributed by atoms with Crippen LogP contribution in [-0.4, -0.2) is 47.1 Å². The molecule has 0 saturated carbocycles. The van der Waals surface area contributed by atoms with Crippen LogP contribution in [0.5, 0.6) is 0 Å². The van der Waals surface area contributed by atoms with Gasteiger partial charge in [0.05, 0.1) is 17.0 Å². The Hall–Kier alpha value is -1.17. The van der Waals surface area contributed by atoms with Gasteiger partial charge in [0.2, 0.25) is 5.91 Å². The fourth-order valence-corrected chi connectivity index (χ4v) is 3.65. The molecular weight excluding hydrogens is 302 g/mol. The van der Waals surface area contributed by atoms with Crippen LogP contribution in [0, 0.1) is 5.92 Å². The number of nitrogens with one attached hydrogen (secondary N) is 1. The highest BCUT2D eigenvalue weighted by atomic mass is 35.5. The summed E-state index contributed by atoms with van der Waals surface area (Å²) >= 11 is 6.01. The van der Waals surface area contributed by atoms with Crippen LogP contribution in [0.4, 0.5) is 0 Å². The Morgan fingerprint density at radius 3 is 3.09 bits per heavy atom. The largest absolute Gasteiger partial charge is 0.376 e. The molecule has 2 fully saturated rings. The maximum atomic E-state index is 12.4. The van der Waals surface area contributed by atoms with E-state index in [1.54, 1.807) is 6.20 Å². The Morgan fingerprint density at radius 1 is 1.55 bits per heavy atom. The van der Waals surface area contributed by atoms with Crippen LogP contribution in [0.1, 0.15) is 25.8 Å². The molecule has 1 N–H and O–H groups in total. The van der Waals surface area contributed by atoms with Crippen molar-refractivity contribution in [2.24, 2.45) is 5.92 Å². The van der Waals surface area contributed by atoms with Gasteiger partial charge in [-0.3, -0.25) is 14.7 Å². The monoisotopic (exact) mass is 323 g/mol. The zero-order valence-electron chi connectivity index (χ0n) is 13.0. The lowest BCUT2D eigenvalue weighted by molar-refractivity contribution is -0.128. The highest BCUT2D eigenvalue weighted by Crippen LogP contribution is 2.34. The third-order valence-electron chi connectivity index (χ3n) is 4.31. The van der Waals surface area contributed by atoms with Crippen molar-refractivity contribution >= 4 is 17.5 Å².